The van der Waals surface area contributed by atoms with E-state index in [0.717, 1.165) is 0 Å². The number of nitrogens with zero attached hydrogens (tertiary/aromatic N) is 1. The fourth-order valence-electron chi connectivity index (χ4n) is 3.51. The number of phenolic OH excluding ortho intramolecular Hbond substituents is 1. The minimum atomic E-state index is -1.50. The molecule has 226 valence electrons. The van der Waals surface area contributed by atoms with E-state index < -0.39 is 79.0 Å². The average molecular weight is 581 g/mol. The number of carbonyl (C=O) groups is 6. The predicted octanol–water partition coefficient (Wildman–Crippen LogP) is -3.41. The Morgan fingerprint density at radius 1 is 0.805 bits per heavy atom. The number of nitrogens with two attached hydrogens (primary N) is 4. The minimum absolute atomic E-state index is 0.0565. The van der Waals surface area contributed by atoms with Crippen molar-refractivity contribution in [1.82, 2.24) is 16.0 Å². The normalized spacial score (nSPS) is 13.5. The number of phenols is 1. The van der Waals surface area contributed by atoms with Gasteiger partial charge in [0.1, 0.15) is 23.9 Å². The maximum absolute atomic E-state index is 13.3. The summed E-state index contributed by atoms with van der Waals surface area (Å²) in [5.41, 5.74) is 21.7. The van der Waals surface area contributed by atoms with Gasteiger partial charge in [-0.2, -0.15) is 0 Å². The predicted molar refractivity (Wildman–Crippen MR) is 144 cm³/mol. The van der Waals surface area contributed by atoms with Crippen LogP contribution in [0.25, 0.3) is 0 Å². The van der Waals surface area contributed by atoms with Crippen molar-refractivity contribution >= 4 is 41.5 Å². The molecule has 17 heteroatoms. The number of benzene rings is 1. The van der Waals surface area contributed by atoms with Crippen molar-refractivity contribution in [2.24, 2.45) is 27.9 Å². The Kier molecular flexibility index (Phi) is 14.1. The molecule has 4 unspecified atom stereocenters. The summed E-state index contributed by atoms with van der Waals surface area (Å²) in [6.07, 6.45) is -1.52. The Hall–Kier alpha value is -4.93. The van der Waals surface area contributed by atoms with Crippen molar-refractivity contribution in [2.45, 2.75) is 62.7 Å². The molecular formula is C24H36N8O9. The SMILES string of the molecule is NC(=O)CC(N)C(=O)NC(Cc1ccc(O)cc1)C(=O)NC(CCC(=O)O)C(=O)NC(CCCN=C(N)N)C(=O)O. The van der Waals surface area contributed by atoms with E-state index in [4.69, 9.17) is 28.0 Å². The smallest absolute Gasteiger partial charge is 0.326 e. The van der Waals surface area contributed by atoms with Gasteiger partial charge in [-0.25, -0.2) is 4.79 Å². The van der Waals surface area contributed by atoms with Gasteiger partial charge in [0.2, 0.25) is 23.6 Å². The average Bonchev–Trinajstić information content (AvgIpc) is 2.87. The maximum Gasteiger partial charge on any atom is 0.326 e. The highest BCUT2D eigenvalue weighted by Crippen LogP contribution is 2.12. The summed E-state index contributed by atoms with van der Waals surface area (Å²) in [6, 6.07) is -0.0404. The highest BCUT2D eigenvalue weighted by Gasteiger charge is 2.31. The van der Waals surface area contributed by atoms with Gasteiger partial charge < -0.3 is 54.2 Å². The zero-order valence-corrected chi connectivity index (χ0v) is 22.1. The van der Waals surface area contributed by atoms with Crippen LogP contribution in [0, 0.1) is 0 Å². The van der Waals surface area contributed by atoms with Crippen molar-refractivity contribution < 1.29 is 44.1 Å². The van der Waals surface area contributed by atoms with E-state index in [0.29, 0.717) is 5.56 Å². The summed E-state index contributed by atoms with van der Waals surface area (Å²) < 4.78 is 0. The molecule has 0 saturated heterocycles. The van der Waals surface area contributed by atoms with Gasteiger partial charge in [0.25, 0.3) is 0 Å². The quantitative estimate of drug-likeness (QED) is 0.0461. The molecule has 4 atom stereocenters. The number of carboxylic acids is 2. The van der Waals surface area contributed by atoms with Gasteiger partial charge in [-0.15, -0.1) is 0 Å². The minimum Gasteiger partial charge on any atom is -0.508 e. The van der Waals surface area contributed by atoms with Crippen LogP contribution in [0.1, 0.15) is 37.7 Å². The number of carbonyl (C=O) groups excluding carboxylic acids is 4. The number of primary amides is 1. The number of aliphatic imine (C=N–C) groups is 1. The fourth-order valence-corrected chi connectivity index (χ4v) is 3.51. The summed E-state index contributed by atoms with van der Waals surface area (Å²) in [5, 5.41) is 35.1. The molecule has 0 aliphatic carbocycles. The maximum atomic E-state index is 13.3. The monoisotopic (exact) mass is 580 g/mol. The summed E-state index contributed by atoms with van der Waals surface area (Å²) in [4.78, 5) is 76.5. The second-order valence-corrected chi connectivity index (χ2v) is 9.05. The van der Waals surface area contributed by atoms with Crippen LogP contribution in [-0.4, -0.2) is 87.6 Å². The number of rotatable bonds is 18. The second-order valence-electron chi connectivity index (χ2n) is 9.05. The third kappa shape index (κ3) is 13.6. The van der Waals surface area contributed by atoms with Gasteiger partial charge in [0, 0.05) is 19.4 Å². The summed E-state index contributed by atoms with van der Waals surface area (Å²) in [6.45, 7) is 0.0949. The van der Waals surface area contributed by atoms with Crippen LogP contribution in [0.3, 0.4) is 0 Å². The van der Waals surface area contributed by atoms with E-state index in [9.17, 15) is 39.0 Å². The first kappa shape index (κ1) is 34.1. The number of hydrogen-bond acceptors (Lipinski definition) is 9. The number of aromatic hydroxyl groups is 1. The van der Waals surface area contributed by atoms with Crippen molar-refractivity contribution in [1.29, 1.82) is 0 Å². The molecule has 0 spiro atoms. The van der Waals surface area contributed by atoms with E-state index in [2.05, 4.69) is 20.9 Å². The number of nitrogens with one attached hydrogen (secondary N) is 3. The first-order valence-corrected chi connectivity index (χ1v) is 12.4. The van der Waals surface area contributed by atoms with Crippen molar-refractivity contribution in [3.8, 4) is 5.75 Å². The Labute approximate surface area is 234 Å². The lowest BCUT2D eigenvalue weighted by atomic mass is 10.0. The number of aliphatic carboxylic acids is 2. The number of carboxylic acid groups (broad SMARTS) is 2. The Balaban J connectivity index is 3.14. The van der Waals surface area contributed by atoms with E-state index in [1.165, 1.54) is 24.3 Å². The highest BCUT2D eigenvalue weighted by atomic mass is 16.4. The molecule has 0 aliphatic rings. The third-order valence-corrected chi connectivity index (χ3v) is 5.61. The van der Waals surface area contributed by atoms with Crippen molar-refractivity contribution in [2.75, 3.05) is 6.54 Å². The van der Waals surface area contributed by atoms with Crippen LogP contribution >= 0.6 is 0 Å². The lowest BCUT2D eigenvalue weighted by Crippen LogP contribution is -2.57. The molecule has 0 aliphatic heterocycles. The molecule has 0 bridgehead atoms. The molecule has 1 aromatic carbocycles. The molecule has 14 N–H and O–H groups in total. The third-order valence-electron chi connectivity index (χ3n) is 5.61. The number of hydrogen-bond donors (Lipinski definition) is 10. The van der Waals surface area contributed by atoms with Crippen molar-refractivity contribution in [3.63, 3.8) is 0 Å². The summed E-state index contributed by atoms with van der Waals surface area (Å²) >= 11 is 0. The Morgan fingerprint density at radius 3 is 1.90 bits per heavy atom. The largest absolute Gasteiger partial charge is 0.508 e. The number of amides is 4. The molecule has 0 radical (unpaired) electrons. The van der Waals surface area contributed by atoms with E-state index in [1.807, 2.05) is 0 Å². The fraction of sp³-hybridized carbons (Fsp3) is 0.458. The summed E-state index contributed by atoms with van der Waals surface area (Å²) in [5.74, 6) is -6.58. The van der Waals surface area contributed by atoms with Crippen LogP contribution in [0.4, 0.5) is 0 Å². The standard InChI is InChI=1S/C24H36N8O9/c25-14(11-18(26)34)20(37)32-17(10-12-3-5-13(33)6-4-12)22(39)30-15(7-8-19(35)36)21(38)31-16(23(40)41)2-1-9-29-24(27)28/h3-6,14-17,33H,1-2,7-11,25H2,(H2,26,34)(H,30,39)(H,31,38)(H,32,37)(H,35,36)(H,40,41)(H4,27,28,29). The number of guanidine groups is 1. The molecular weight excluding hydrogens is 544 g/mol. The summed E-state index contributed by atoms with van der Waals surface area (Å²) in [7, 11) is 0. The lowest BCUT2D eigenvalue weighted by Gasteiger charge is -2.25. The van der Waals surface area contributed by atoms with Gasteiger partial charge in [-0.1, -0.05) is 12.1 Å². The van der Waals surface area contributed by atoms with Crippen LogP contribution in [0.15, 0.2) is 29.3 Å². The van der Waals surface area contributed by atoms with Crippen LogP contribution in [-0.2, 0) is 35.2 Å². The van der Waals surface area contributed by atoms with E-state index in [-0.39, 0.29) is 37.5 Å². The van der Waals surface area contributed by atoms with Gasteiger partial charge in [-0.3, -0.25) is 29.0 Å². The molecule has 0 saturated carbocycles. The highest BCUT2D eigenvalue weighted by molar-refractivity contribution is 5.95. The molecule has 0 heterocycles. The molecule has 1 rings (SSSR count). The van der Waals surface area contributed by atoms with Gasteiger partial charge in [-0.05, 0) is 37.0 Å². The van der Waals surface area contributed by atoms with Crippen molar-refractivity contribution in [3.05, 3.63) is 29.8 Å². The zero-order chi connectivity index (χ0) is 31.1. The van der Waals surface area contributed by atoms with E-state index in [1.54, 1.807) is 0 Å². The Morgan fingerprint density at radius 2 is 1.37 bits per heavy atom. The first-order chi connectivity index (χ1) is 19.2. The zero-order valence-electron chi connectivity index (χ0n) is 22.1. The van der Waals surface area contributed by atoms with Gasteiger partial charge in [0.15, 0.2) is 5.96 Å². The first-order valence-electron chi connectivity index (χ1n) is 12.4. The lowest BCUT2D eigenvalue weighted by molar-refractivity contribution is -0.143. The molecule has 17 nitrogen and oxygen atoms in total. The molecule has 1 aromatic rings. The molecule has 4 amide bonds. The molecule has 41 heavy (non-hydrogen) atoms. The second kappa shape index (κ2) is 16.9. The van der Waals surface area contributed by atoms with Gasteiger partial charge in [0.05, 0.1) is 12.5 Å². The van der Waals surface area contributed by atoms with Crippen LogP contribution in [0.5, 0.6) is 5.75 Å². The molecule has 0 aromatic heterocycles. The van der Waals surface area contributed by atoms with Gasteiger partial charge >= 0.3 is 11.9 Å². The van der Waals surface area contributed by atoms with Crippen LogP contribution in [0.2, 0.25) is 0 Å². The topological polar surface area (TPSA) is 316 Å². The van der Waals surface area contributed by atoms with E-state index >= 15 is 0 Å². The van der Waals surface area contributed by atoms with Crippen LogP contribution < -0.4 is 38.9 Å². The molecule has 0 fully saturated rings. The Bertz CT molecular complexity index is 1120.